The van der Waals surface area contributed by atoms with E-state index in [-0.39, 0.29) is 5.56 Å². The largest absolute Gasteiger partial charge is 0.324 e. The number of hydrogen-bond acceptors (Lipinski definition) is 1. The van der Waals surface area contributed by atoms with Crippen LogP contribution in [0.15, 0.2) is 12.1 Å². The third kappa shape index (κ3) is 2.29. The van der Waals surface area contributed by atoms with E-state index in [4.69, 9.17) is 5.73 Å². The number of benzene rings is 1. The van der Waals surface area contributed by atoms with Crippen molar-refractivity contribution in [2.24, 2.45) is 5.73 Å². The molecule has 14 heavy (non-hydrogen) atoms. The zero-order valence-electron chi connectivity index (χ0n) is 8.48. The molecule has 1 nitrogen and oxygen atoms in total. The highest BCUT2D eigenvalue weighted by Crippen LogP contribution is 2.22. The molecule has 0 aliphatic rings. The van der Waals surface area contributed by atoms with Crippen LogP contribution < -0.4 is 5.73 Å². The van der Waals surface area contributed by atoms with Crippen LogP contribution >= 0.6 is 0 Å². The molecule has 0 heterocycles. The van der Waals surface area contributed by atoms with Gasteiger partial charge in [-0.05, 0) is 31.0 Å². The first-order valence-electron chi connectivity index (χ1n) is 4.77. The van der Waals surface area contributed by atoms with Gasteiger partial charge in [0.15, 0.2) is 0 Å². The van der Waals surface area contributed by atoms with Gasteiger partial charge < -0.3 is 5.73 Å². The van der Waals surface area contributed by atoms with Crippen molar-refractivity contribution in [3.8, 4) is 0 Å². The van der Waals surface area contributed by atoms with Gasteiger partial charge in [-0.3, -0.25) is 0 Å². The Labute approximate surface area is 82.9 Å². The molecule has 0 bridgehead atoms. The summed E-state index contributed by atoms with van der Waals surface area (Å²) in [6, 6.07) is 1.99. The quantitative estimate of drug-likeness (QED) is 0.795. The van der Waals surface area contributed by atoms with Crippen molar-refractivity contribution in [1.82, 2.24) is 0 Å². The maximum absolute atomic E-state index is 13.4. The van der Waals surface area contributed by atoms with E-state index in [0.29, 0.717) is 12.0 Å². The summed E-state index contributed by atoms with van der Waals surface area (Å²) in [7, 11) is 0. The molecule has 0 saturated carbocycles. The zero-order valence-corrected chi connectivity index (χ0v) is 8.48. The molecule has 0 aliphatic heterocycles. The van der Waals surface area contributed by atoms with E-state index in [2.05, 4.69) is 0 Å². The maximum atomic E-state index is 13.4. The molecule has 3 heteroatoms. The normalized spacial score (nSPS) is 12.9. The average molecular weight is 199 g/mol. The van der Waals surface area contributed by atoms with Crippen molar-refractivity contribution < 1.29 is 8.78 Å². The Balaban J connectivity index is 3.02. The fraction of sp³-hybridized carbons (Fsp3) is 0.455. The van der Waals surface area contributed by atoms with E-state index in [1.807, 2.05) is 6.92 Å². The van der Waals surface area contributed by atoms with E-state index in [1.165, 1.54) is 19.1 Å². The van der Waals surface area contributed by atoms with Crippen molar-refractivity contribution in [1.29, 1.82) is 0 Å². The highest BCUT2D eigenvalue weighted by molar-refractivity contribution is 5.27. The lowest BCUT2D eigenvalue weighted by Gasteiger charge is -2.12. The second kappa shape index (κ2) is 4.51. The van der Waals surface area contributed by atoms with Gasteiger partial charge in [0.05, 0.1) is 0 Å². The minimum Gasteiger partial charge on any atom is -0.324 e. The van der Waals surface area contributed by atoms with Crippen molar-refractivity contribution in [2.45, 2.75) is 32.7 Å². The fourth-order valence-electron chi connectivity index (χ4n) is 1.41. The first kappa shape index (κ1) is 11.1. The number of nitrogens with two attached hydrogens (primary N) is 1. The number of halogens is 2. The highest BCUT2D eigenvalue weighted by Gasteiger charge is 2.13. The Morgan fingerprint density at radius 1 is 1.29 bits per heavy atom. The van der Waals surface area contributed by atoms with Gasteiger partial charge in [0.1, 0.15) is 11.6 Å². The molecule has 1 unspecified atom stereocenters. The first-order valence-corrected chi connectivity index (χ1v) is 4.77. The summed E-state index contributed by atoms with van der Waals surface area (Å²) in [5.74, 6) is -0.808. The molecule has 0 fully saturated rings. The molecular weight excluding hydrogens is 184 g/mol. The van der Waals surface area contributed by atoms with Gasteiger partial charge in [-0.25, -0.2) is 8.78 Å². The highest BCUT2D eigenvalue weighted by atomic mass is 19.1. The Morgan fingerprint density at radius 3 is 2.50 bits per heavy atom. The van der Waals surface area contributed by atoms with E-state index in [9.17, 15) is 8.78 Å². The van der Waals surface area contributed by atoms with Gasteiger partial charge in [-0.2, -0.15) is 0 Å². The van der Waals surface area contributed by atoms with Crippen LogP contribution in [0.1, 0.15) is 36.9 Å². The summed E-state index contributed by atoms with van der Waals surface area (Å²) in [5.41, 5.74) is 6.31. The zero-order chi connectivity index (χ0) is 10.7. The minimum atomic E-state index is -0.412. The van der Waals surface area contributed by atoms with Crippen LogP contribution in [0.25, 0.3) is 0 Å². The average Bonchev–Trinajstić information content (AvgIpc) is 2.11. The molecule has 1 atom stereocenters. The fourth-order valence-corrected chi connectivity index (χ4v) is 1.41. The lowest BCUT2D eigenvalue weighted by atomic mass is 10.0. The van der Waals surface area contributed by atoms with Crippen LogP contribution in [0.3, 0.4) is 0 Å². The molecule has 0 spiro atoms. The van der Waals surface area contributed by atoms with Crippen LogP contribution in [0.5, 0.6) is 0 Å². The van der Waals surface area contributed by atoms with Gasteiger partial charge in [0.25, 0.3) is 0 Å². The summed E-state index contributed by atoms with van der Waals surface area (Å²) < 4.78 is 26.5. The SMILES string of the molecule is CCCC(N)c1cc(F)c(C)cc1F. The topological polar surface area (TPSA) is 26.0 Å². The van der Waals surface area contributed by atoms with E-state index < -0.39 is 17.7 Å². The van der Waals surface area contributed by atoms with Crippen LogP contribution in [-0.4, -0.2) is 0 Å². The van der Waals surface area contributed by atoms with Gasteiger partial charge >= 0.3 is 0 Å². The monoisotopic (exact) mass is 199 g/mol. The third-order valence-electron chi connectivity index (χ3n) is 2.28. The molecule has 0 radical (unpaired) electrons. The molecule has 78 valence electrons. The molecule has 0 amide bonds. The summed E-state index contributed by atoms with van der Waals surface area (Å²) in [4.78, 5) is 0. The summed E-state index contributed by atoms with van der Waals surface area (Å²) in [5, 5.41) is 0. The van der Waals surface area contributed by atoms with Gasteiger partial charge in [0.2, 0.25) is 0 Å². The van der Waals surface area contributed by atoms with E-state index in [0.717, 1.165) is 6.42 Å². The molecule has 1 aromatic rings. The number of aryl methyl sites for hydroxylation is 1. The van der Waals surface area contributed by atoms with E-state index >= 15 is 0 Å². The van der Waals surface area contributed by atoms with Crippen LogP contribution in [0.4, 0.5) is 8.78 Å². The number of rotatable bonds is 3. The van der Waals surface area contributed by atoms with Crippen LogP contribution in [-0.2, 0) is 0 Å². The van der Waals surface area contributed by atoms with Crippen molar-refractivity contribution in [3.63, 3.8) is 0 Å². The Bertz CT molecular complexity index is 323. The van der Waals surface area contributed by atoms with E-state index in [1.54, 1.807) is 0 Å². The molecule has 0 aliphatic carbocycles. The van der Waals surface area contributed by atoms with Gasteiger partial charge in [-0.1, -0.05) is 13.3 Å². The van der Waals surface area contributed by atoms with Gasteiger partial charge in [0, 0.05) is 11.6 Å². The second-order valence-corrected chi connectivity index (χ2v) is 3.52. The van der Waals surface area contributed by atoms with Crippen molar-refractivity contribution >= 4 is 0 Å². The lowest BCUT2D eigenvalue weighted by molar-refractivity contribution is 0.541. The minimum absolute atomic E-state index is 0.273. The molecular formula is C11H15F2N. The van der Waals surface area contributed by atoms with Crippen molar-refractivity contribution in [3.05, 3.63) is 34.9 Å². The summed E-state index contributed by atoms with van der Waals surface area (Å²) >= 11 is 0. The smallest absolute Gasteiger partial charge is 0.128 e. The molecule has 0 aromatic heterocycles. The third-order valence-corrected chi connectivity index (χ3v) is 2.28. The van der Waals surface area contributed by atoms with Gasteiger partial charge in [-0.15, -0.1) is 0 Å². The predicted molar refractivity (Wildman–Crippen MR) is 52.9 cm³/mol. The Hall–Kier alpha value is -0.960. The van der Waals surface area contributed by atoms with Crippen LogP contribution in [0, 0.1) is 18.6 Å². The summed E-state index contributed by atoms with van der Waals surface area (Å²) in [6.07, 6.45) is 1.52. The number of hydrogen-bond donors (Lipinski definition) is 1. The molecule has 0 saturated heterocycles. The second-order valence-electron chi connectivity index (χ2n) is 3.52. The first-order chi connectivity index (χ1) is 6.56. The van der Waals surface area contributed by atoms with Crippen LogP contribution in [0.2, 0.25) is 0 Å². The Morgan fingerprint density at radius 2 is 1.93 bits per heavy atom. The molecule has 2 N–H and O–H groups in total. The molecule has 1 rings (SSSR count). The van der Waals surface area contributed by atoms with Crippen molar-refractivity contribution in [2.75, 3.05) is 0 Å². The maximum Gasteiger partial charge on any atom is 0.128 e. The standard InChI is InChI=1S/C11H15F2N/c1-3-4-11(14)8-6-9(12)7(2)5-10(8)13/h5-6,11H,3-4,14H2,1-2H3. The Kier molecular flexibility index (Phi) is 3.58. The summed E-state index contributed by atoms with van der Waals surface area (Å²) in [6.45, 7) is 3.50. The lowest BCUT2D eigenvalue weighted by Crippen LogP contribution is -2.12. The molecule has 1 aromatic carbocycles. The predicted octanol–water partition coefficient (Wildman–Crippen LogP) is 3.07.